The van der Waals surface area contributed by atoms with Gasteiger partial charge in [-0.3, -0.25) is 4.98 Å². The van der Waals surface area contributed by atoms with E-state index in [0.717, 1.165) is 0 Å². The second-order valence-electron chi connectivity index (χ2n) is 3.20. The van der Waals surface area contributed by atoms with Crippen molar-refractivity contribution < 1.29 is 4.39 Å². The summed E-state index contributed by atoms with van der Waals surface area (Å²) in [7, 11) is 0. The average Bonchev–Trinajstić information content (AvgIpc) is 2.33. The van der Waals surface area contributed by atoms with Gasteiger partial charge in [0.1, 0.15) is 11.9 Å². The molecular formula is C12H6ClFN2. The first-order valence-electron chi connectivity index (χ1n) is 4.51. The normalized spacial score (nSPS) is 9.81. The molecule has 2 nitrogen and oxygen atoms in total. The minimum absolute atomic E-state index is 0.0770. The number of aromatic nitrogens is 1. The molecule has 0 aliphatic heterocycles. The van der Waals surface area contributed by atoms with E-state index in [0.29, 0.717) is 16.7 Å². The summed E-state index contributed by atoms with van der Waals surface area (Å²) in [5.41, 5.74) is 1.77. The first-order chi connectivity index (χ1) is 7.70. The maximum Gasteiger partial charge on any atom is 0.142 e. The van der Waals surface area contributed by atoms with Crippen LogP contribution in [0, 0.1) is 17.1 Å². The number of nitriles is 1. The minimum atomic E-state index is -0.485. The molecule has 0 unspecified atom stereocenters. The van der Waals surface area contributed by atoms with Crippen molar-refractivity contribution in [1.82, 2.24) is 4.98 Å². The van der Waals surface area contributed by atoms with Gasteiger partial charge in [0.05, 0.1) is 10.6 Å². The Morgan fingerprint density at radius 2 is 2.00 bits per heavy atom. The van der Waals surface area contributed by atoms with Crippen LogP contribution in [0.5, 0.6) is 0 Å². The van der Waals surface area contributed by atoms with Crippen LogP contribution in [0.15, 0.2) is 36.7 Å². The zero-order valence-electron chi connectivity index (χ0n) is 8.11. The molecule has 1 aromatic heterocycles. The third kappa shape index (κ3) is 2.02. The fraction of sp³-hybridized carbons (Fsp3) is 0. The van der Waals surface area contributed by atoms with Crippen molar-refractivity contribution >= 4 is 11.6 Å². The quantitative estimate of drug-likeness (QED) is 0.756. The lowest BCUT2D eigenvalue weighted by Gasteiger charge is -2.02. The second-order valence-corrected chi connectivity index (χ2v) is 3.61. The summed E-state index contributed by atoms with van der Waals surface area (Å²) in [5, 5.41) is 8.80. The molecule has 1 aromatic carbocycles. The Bertz CT molecular complexity index is 575. The van der Waals surface area contributed by atoms with Crippen molar-refractivity contribution in [1.29, 1.82) is 5.26 Å². The maximum absolute atomic E-state index is 13.2. The van der Waals surface area contributed by atoms with Crippen LogP contribution in [0.4, 0.5) is 4.39 Å². The number of rotatable bonds is 1. The second kappa shape index (κ2) is 4.30. The van der Waals surface area contributed by atoms with Crippen molar-refractivity contribution in [2.45, 2.75) is 0 Å². The van der Waals surface area contributed by atoms with E-state index in [-0.39, 0.29) is 5.02 Å². The average molecular weight is 233 g/mol. The molecule has 0 fully saturated rings. The Labute approximate surface area is 96.9 Å². The van der Waals surface area contributed by atoms with Crippen LogP contribution in [-0.2, 0) is 0 Å². The number of pyridine rings is 1. The highest BCUT2D eigenvalue weighted by Gasteiger charge is 2.04. The van der Waals surface area contributed by atoms with E-state index in [4.69, 9.17) is 16.9 Å². The lowest BCUT2D eigenvalue weighted by molar-refractivity contribution is 0.629. The smallest absolute Gasteiger partial charge is 0.142 e. The van der Waals surface area contributed by atoms with Crippen LogP contribution < -0.4 is 0 Å². The van der Waals surface area contributed by atoms with Gasteiger partial charge < -0.3 is 0 Å². The summed E-state index contributed by atoms with van der Waals surface area (Å²) in [4.78, 5) is 3.91. The van der Waals surface area contributed by atoms with Gasteiger partial charge in [-0.1, -0.05) is 17.7 Å². The monoisotopic (exact) mass is 232 g/mol. The highest BCUT2D eigenvalue weighted by Crippen LogP contribution is 2.24. The largest absolute Gasteiger partial charge is 0.263 e. The van der Waals surface area contributed by atoms with E-state index in [1.54, 1.807) is 18.3 Å². The summed E-state index contributed by atoms with van der Waals surface area (Å²) in [5.74, 6) is -0.485. The maximum atomic E-state index is 13.2. The number of hydrogen-bond donors (Lipinski definition) is 0. The fourth-order valence-electron chi connectivity index (χ4n) is 1.33. The summed E-state index contributed by atoms with van der Waals surface area (Å²) in [6.07, 6.45) is 3.03. The molecule has 0 amide bonds. The van der Waals surface area contributed by atoms with E-state index in [1.807, 2.05) is 6.07 Å². The zero-order valence-corrected chi connectivity index (χ0v) is 8.87. The molecular weight excluding hydrogens is 227 g/mol. The van der Waals surface area contributed by atoms with Gasteiger partial charge in [0.25, 0.3) is 0 Å². The molecule has 0 N–H and O–H groups in total. The number of halogens is 2. The van der Waals surface area contributed by atoms with Crippen LogP contribution >= 0.6 is 11.6 Å². The lowest BCUT2D eigenvalue weighted by atomic mass is 10.1. The molecule has 78 valence electrons. The third-order valence-corrected chi connectivity index (χ3v) is 2.43. The molecule has 0 aliphatic carbocycles. The SMILES string of the molecule is N#Cc1cncc(-c2ccc(Cl)c(F)c2)c1. The molecule has 4 heteroatoms. The van der Waals surface area contributed by atoms with Gasteiger partial charge in [0.15, 0.2) is 0 Å². The Kier molecular flexibility index (Phi) is 2.84. The van der Waals surface area contributed by atoms with Gasteiger partial charge in [0.2, 0.25) is 0 Å². The highest BCUT2D eigenvalue weighted by molar-refractivity contribution is 6.30. The van der Waals surface area contributed by atoms with Crippen LogP contribution in [0.2, 0.25) is 5.02 Å². The minimum Gasteiger partial charge on any atom is -0.263 e. The van der Waals surface area contributed by atoms with Gasteiger partial charge in [0, 0.05) is 18.0 Å². The van der Waals surface area contributed by atoms with E-state index in [9.17, 15) is 4.39 Å². The van der Waals surface area contributed by atoms with Crippen molar-refractivity contribution in [3.05, 3.63) is 53.1 Å². The van der Waals surface area contributed by atoms with E-state index in [1.165, 1.54) is 18.3 Å². The van der Waals surface area contributed by atoms with Gasteiger partial charge in [-0.25, -0.2) is 4.39 Å². The Hall–Kier alpha value is -1.92. The van der Waals surface area contributed by atoms with Crippen LogP contribution in [-0.4, -0.2) is 4.98 Å². The Morgan fingerprint density at radius 1 is 1.19 bits per heavy atom. The predicted molar refractivity (Wildman–Crippen MR) is 59.4 cm³/mol. The molecule has 0 saturated heterocycles. The predicted octanol–water partition coefficient (Wildman–Crippen LogP) is 3.41. The van der Waals surface area contributed by atoms with Crippen LogP contribution in [0.3, 0.4) is 0 Å². The molecule has 0 aliphatic rings. The number of hydrogen-bond acceptors (Lipinski definition) is 2. The molecule has 1 heterocycles. The van der Waals surface area contributed by atoms with Crippen LogP contribution in [0.25, 0.3) is 11.1 Å². The molecule has 0 bridgehead atoms. The molecule has 0 radical (unpaired) electrons. The molecule has 2 aromatic rings. The zero-order chi connectivity index (χ0) is 11.5. The molecule has 2 rings (SSSR count). The summed E-state index contributed by atoms with van der Waals surface area (Å²) in [6, 6.07) is 8.11. The standard InChI is InChI=1S/C12H6ClFN2/c13-11-2-1-9(4-12(11)14)10-3-8(5-15)6-16-7-10/h1-4,6-7H. The van der Waals surface area contributed by atoms with Crippen LogP contribution in [0.1, 0.15) is 5.56 Å². The lowest BCUT2D eigenvalue weighted by Crippen LogP contribution is -1.85. The Balaban J connectivity index is 2.51. The van der Waals surface area contributed by atoms with E-state index >= 15 is 0 Å². The van der Waals surface area contributed by atoms with E-state index in [2.05, 4.69) is 4.98 Å². The first-order valence-corrected chi connectivity index (χ1v) is 4.89. The van der Waals surface area contributed by atoms with Crippen molar-refractivity contribution in [3.8, 4) is 17.2 Å². The van der Waals surface area contributed by atoms with Crippen molar-refractivity contribution in [2.24, 2.45) is 0 Å². The molecule has 0 spiro atoms. The van der Waals surface area contributed by atoms with Crippen molar-refractivity contribution in [3.63, 3.8) is 0 Å². The first kappa shape index (κ1) is 10.6. The third-order valence-electron chi connectivity index (χ3n) is 2.12. The van der Waals surface area contributed by atoms with E-state index < -0.39 is 5.82 Å². The Morgan fingerprint density at radius 3 is 2.69 bits per heavy atom. The van der Waals surface area contributed by atoms with Gasteiger partial charge in [-0.15, -0.1) is 0 Å². The van der Waals surface area contributed by atoms with Crippen molar-refractivity contribution in [2.75, 3.05) is 0 Å². The summed E-state index contributed by atoms with van der Waals surface area (Å²) in [6.45, 7) is 0. The van der Waals surface area contributed by atoms with Gasteiger partial charge >= 0.3 is 0 Å². The highest BCUT2D eigenvalue weighted by atomic mass is 35.5. The molecule has 0 saturated carbocycles. The topological polar surface area (TPSA) is 36.7 Å². The number of benzene rings is 1. The fourth-order valence-corrected chi connectivity index (χ4v) is 1.45. The molecule has 16 heavy (non-hydrogen) atoms. The molecule has 0 atom stereocenters. The number of nitrogens with zero attached hydrogens (tertiary/aromatic N) is 2. The summed E-state index contributed by atoms with van der Waals surface area (Å²) < 4.78 is 13.2. The summed E-state index contributed by atoms with van der Waals surface area (Å²) >= 11 is 5.58. The van der Waals surface area contributed by atoms with Gasteiger partial charge in [-0.2, -0.15) is 5.26 Å². The van der Waals surface area contributed by atoms with Gasteiger partial charge in [-0.05, 0) is 23.8 Å².